The maximum Gasteiger partial charge on any atom is 0.134 e. The number of tetrazole rings is 1. The molecule has 0 fully saturated rings. The Bertz CT molecular complexity index is 707. The molecule has 20 heavy (non-hydrogen) atoms. The Labute approximate surface area is 120 Å². The molecule has 6 nitrogen and oxygen atoms in total. The van der Waals surface area contributed by atoms with Crippen LogP contribution in [-0.2, 0) is 6.54 Å². The average Bonchev–Trinajstić information content (AvgIpc) is 3.10. The quantitative estimate of drug-likeness (QED) is 0.795. The number of furan rings is 1. The fourth-order valence-electron chi connectivity index (χ4n) is 1.85. The molecule has 0 saturated carbocycles. The van der Waals surface area contributed by atoms with Crippen molar-refractivity contribution >= 4 is 17.5 Å². The molecule has 0 bridgehead atoms. The van der Waals surface area contributed by atoms with Gasteiger partial charge in [0.05, 0.1) is 5.95 Å². The van der Waals surface area contributed by atoms with Crippen LogP contribution in [0.25, 0.3) is 16.6 Å². The van der Waals surface area contributed by atoms with E-state index in [-0.39, 0.29) is 0 Å². The Kier molecular flexibility index (Phi) is 3.39. The molecular formula is C13H11ClN5O-. The molecule has 0 amide bonds. The summed E-state index contributed by atoms with van der Waals surface area (Å²) in [5.74, 6) is 1.80. The molecule has 102 valence electrons. The molecule has 0 atom stereocenters. The molecule has 0 aliphatic carbocycles. The summed E-state index contributed by atoms with van der Waals surface area (Å²) in [5.41, 5.74) is 1.97. The molecule has 0 aliphatic heterocycles. The van der Waals surface area contributed by atoms with Gasteiger partial charge in [-0.2, -0.15) is 0 Å². The lowest BCUT2D eigenvalue weighted by molar-refractivity contribution is 0.534. The molecule has 3 rings (SSSR count). The number of nitrogens with zero attached hydrogens (tertiary/aromatic N) is 4. The molecule has 0 spiro atoms. The van der Waals surface area contributed by atoms with Crippen molar-refractivity contribution in [2.45, 2.75) is 13.5 Å². The van der Waals surface area contributed by atoms with Crippen LogP contribution in [0.15, 0.2) is 34.7 Å². The van der Waals surface area contributed by atoms with E-state index in [0.29, 0.717) is 12.5 Å². The number of rotatable bonds is 4. The summed E-state index contributed by atoms with van der Waals surface area (Å²) in [7, 11) is 0. The highest BCUT2D eigenvalue weighted by Crippen LogP contribution is 2.30. The molecule has 1 aromatic carbocycles. The van der Waals surface area contributed by atoms with Crippen LogP contribution in [0.2, 0.25) is 5.02 Å². The Hall–Kier alpha value is -2.34. The van der Waals surface area contributed by atoms with Crippen LogP contribution >= 0.6 is 11.6 Å². The van der Waals surface area contributed by atoms with Gasteiger partial charge in [-0.1, -0.05) is 23.7 Å². The van der Waals surface area contributed by atoms with Gasteiger partial charge < -0.3 is 9.73 Å². The fraction of sp³-hybridized carbons (Fsp3) is 0.154. The third kappa shape index (κ3) is 2.50. The van der Waals surface area contributed by atoms with Gasteiger partial charge in [0.25, 0.3) is 0 Å². The summed E-state index contributed by atoms with van der Waals surface area (Å²) in [6, 6.07) is 9.51. The Morgan fingerprint density at radius 3 is 3.00 bits per heavy atom. The van der Waals surface area contributed by atoms with Crippen molar-refractivity contribution in [2.75, 3.05) is 0 Å². The summed E-state index contributed by atoms with van der Waals surface area (Å²) in [6.45, 7) is 2.32. The summed E-state index contributed by atoms with van der Waals surface area (Å²) >= 11 is 6.11. The summed E-state index contributed by atoms with van der Waals surface area (Å²) in [4.78, 5) is 0. The lowest BCUT2D eigenvalue weighted by atomic mass is 10.1. The number of nitrogens with one attached hydrogen (secondary N) is 1. The topological polar surface area (TPSA) is 81.7 Å². The summed E-state index contributed by atoms with van der Waals surface area (Å²) < 4.78 is 5.77. The van der Waals surface area contributed by atoms with Crippen LogP contribution in [0.4, 0.5) is 5.95 Å². The molecule has 7 heteroatoms. The van der Waals surface area contributed by atoms with Crippen molar-refractivity contribution in [3.05, 3.63) is 52.0 Å². The van der Waals surface area contributed by atoms with E-state index in [9.17, 15) is 0 Å². The SMILES string of the molecule is Cc1c(Cl)cccc1-c1ccc(C[N-]c2nn[nH]n2)o1. The van der Waals surface area contributed by atoms with Gasteiger partial charge in [0, 0.05) is 17.1 Å². The molecular weight excluding hydrogens is 278 g/mol. The van der Waals surface area contributed by atoms with E-state index in [1.165, 1.54) is 0 Å². The van der Waals surface area contributed by atoms with Gasteiger partial charge in [0.2, 0.25) is 0 Å². The third-order valence-corrected chi connectivity index (χ3v) is 3.31. The Morgan fingerprint density at radius 2 is 2.20 bits per heavy atom. The zero-order valence-electron chi connectivity index (χ0n) is 10.7. The Balaban J connectivity index is 1.78. The van der Waals surface area contributed by atoms with E-state index in [0.717, 1.165) is 27.7 Å². The monoisotopic (exact) mass is 288 g/mol. The van der Waals surface area contributed by atoms with E-state index < -0.39 is 0 Å². The highest BCUT2D eigenvalue weighted by atomic mass is 35.5. The molecule has 2 heterocycles. The predicted octanol–water partition coefficient (Wildman–Crippen LogP) is 3.63. The second kappa shape index (κ2) is 5.34. The van der Waals surface area contributed by atoms with Crippen LogP contribution in [0.5, 0.6) is 0 Å². The first-order chi connectivity index (χ1) is 9.74. The summed E-state index contributed by atoms with van der Waals surface area (Å²) in [5, 5.41) is 18.1. The molecule has 0 unspecified atom stereocenters. The van der Waals surface area contributed by atoms with Gasteiger partial charge in [-0.15, -0.1) is 5.21 Å². The number of hydrogen-bond acceptors (Lipinski definition) is 4. The van der Waals surface area contributed by atoms with Crippen LogP contribution in [0.1, 0.15) is 11.3 Å². The van der Waals surface area contributed by atoms with Gasteiger partial charge in [-0.3, -0.25) is 15.4 Å². The third-order valence-electron chi connectivity index (χ3n) is 2.91. The van der Waals surface area contributed by atoms with E-state index in [4.69, 9.17) is 16.0 Å². The van der Waals surface area contributed by atoms with E-state index in [1.54, 1.807) is 0 Å². The smallest absolute Gasteiger partial charge is 0.134 e. The first-order valence-electron chi connectivity index (χ1n) is 5.99. The van der Waals surface area contributed by atoms with Gasteiger partial charge in [0.15, 0.2) is 0 Å². The highest BCUT2D eigenvalue weighted by Gasteiger charge is 2.08. The second-order valence-electron chi connectivity index (χ2n) is 4.21. The maximum atomic E-state index is 6.11. The van der Waals surface area contributed by atoms with Crippen molar-refractivity contribution in [1.29, 1.82) is 0 Å². The van der Waals surface area contributed by atoms with Gasteiger partial charge in [0.1, 0.15) is 11.5 Å². The minimum Gasteiger partial charge on any atom is -0.461 e. The van der Waals surface area contributed by atoms with Gasteiger partial charge in [-0.25, -0.2) is 0 Å². The van der Waals surface area contributed by atoms with Crippen LogP contribution < -0.4 is 0 Å². The highest BCUT2D eigenvalue weighted by molar-refractivity contribution is 6.31. The molecule has 2 aromatic heterocycles. The van der Waals surface area contributed by atoms with Crippen molar-refractivity contribution in [3.8, 4) is 11.3 Å². The minimum absolute atomic E-state index is 0.307. The van der Waals surface area contributed by atoms with E-state index in [1.807, 2.05) is 37.3 Å². The number of hydrogen-bond donors (Lipinski definition) is 1. The molecule has 1 N–H and O–H groups in total. The fourth-order valence-corrected chi connectivity index (χ4v) is 2.03. The number of aromatic amines is 1. The molecule has 3 aromatic rings. The average molecular weight is 289 g/mol. The van der Waals surface area contributed by atoms with E-state index in [2.05, 4.69) is 25.9 Å². The number of H-pyrrole nitrogens is 1. The first-order valence-corrected chi connectivity index (χ1v) is 6.37. The number of benzene rings is 1. The van der Waals surface area contributed by atoms with Crippen molar-refractivity contribution in [2.24, 2.45) is 0 Å². The number of aromatic nitrogens is 4. The maximum absolute atomic E-state index is 6.11. The predicted molar refractivity (Wildman–Crippen MR) is 74.8 cm³/mol. The lowest BCUT2D eigenvalue weighted by Crippen LogP contribution is -1.82. The van der Waals surface area contributed by atoms with Crippen molar-refractivity contribution < 1.29 is 4.42 Å². The standard InChI is InChI=1S/C13H11ClN5O/c1-8-10(3-2-4-11(8)14)12-6-5-9(20-12)7-15-13-16-18-19-17-13/h2-6H,7H2,1H3,(H-,15,16,17,18,19)/q-1. The van der Waals surface area contributed by atoms with Crippen LogP contribution in [-0.4, -0.2) is 20.6 Å². The Morgan fingerprint density at radius 1 is 1.30 bits per heavy atom. The second-order valence-corrected chi connectivity index (χ2v) is 4.61. The van der Waals surface area contributed by atoms with Crippen LogP contribution in [0.3, 0.4) is 0 Å². The van der Waals surface area contributed by atoms with Crippen molar-refractivity contribution in [1.82, 2.24) is 20.6 Å². The molecule has 0 aliphatic rings. The van der Waals surface area contributed by atoms with Crippen LogP contribution in [0, 0.1) is 6.92 Å². The molecule has 0 radical (unpaired) electrons. The summed E-state index contributed by atoms with van der Waals surface area (Å²) in [6.07, 6.45) is 0. The van der Waals surface area contributed by atoms with Gasteiger partial charge in [-0.05, 0) is 30.7 Å². The minimum atomic E-state index is 0.307. The largest absolute Gasteiger partial charge is 0.461 e. The first kappa shape index (κ1) is 12.7. The zero-order chi connectivity index (χ0) is 13.9. The zero-order valence-corrected chi connectivity index (χ0v) is 11.4. The van der Waals surface area contributed by atoms with Gasteiger partial charge >= 0.3 is 0 Å². The normalized spacial score (nSPS) is 10.7. The number of halogens is 1. The van der Waals surface area contributed by atoms with E-state index >= 15 is 0 Å². The molecule has 0 saturated heterocycles. The lowest BCUT2D eigenvalue weighted by Gasteiger charge is -2.05. The van der Waals surface area contributed by atoms with Crippen molar-refractivity contribution in [3.63, 3.8) is 0 Å².